The SMILES string of the molecule is C[C@@H](CO)NC(=O)c1ccc(CS(C)(=O)=O)cc1. The maximum Gasteiger partial charge on any atom is 0.251 e. The first kappa shape index (κ1) is 14.7. The van der Waals surface area contributed by atoms with Crippen molar-refractivity contribution < 1.29 is 18.3 Å². The number of rotatable bonds is 5. The first-order chi connectivity index (χ1) is 8.31. The van der Waals surface area contributed by atoms with Gasteiger partial charge < -0.3 is 10.4 Å². The van der Waals surface area contributed by atoms with Crippen LogP contribution < -0.4 is 5.32 Å². The zero-order valence-corrected chi connectivity index (χ0v) is 11.2. The van der Waals surface area contributed by atoms with Crippen molar-refractivity contribution >= 4 is 15.7 Å². The summed E-state index contributed by atoms with van der Waals surface area (Å²) >= 11 is 0. The van der Waals surface area contributed by atoms with Gasteiger partial charge in [0, 0.05) is 17.9 Å². The van der Waals surface area contributed by atoms with Crippen molar-refractivity contribution in [3.8, 4) is 0 Å². The van der Waals surface area contributed by atoms with E-state index in [2.05, 4.69) is 5.32 Å². The second-order valence-electron chi connectivity index (χ2n) is 4.32. The van der Waals surface area contributed by atoms with Crippen molar-refractivity contribution in [2.75, 3.05) is 12.9 Å². The van der Waals surface area contributed by atoms with Crippen molar-refractivity contribution in [2.45, 2.75) is 18.7 Å². The lowest BCUT2D eigenvalue weighted by Crippen LogP contribution is -2.34. The van der Waals surface area contributed by atoms with Crippen LogP contribution in [-0.2, 0) is 15.6 Å². The predicted molar refractivity (Wildman–Crippen MR) is 69.0 cm³/mol. The highest BCUT2D eigenvalue weighted by Crippen LogP contribution is 2.08. The van der Waals surface area contributed by atoms with Gasteiger partial charge in [-0.3, -0.25) is 4.79 Å². The van der Waals surface area contributed by atoms with E-state index < -0.39 is 9.84 Å². The Kier molecular flexibility index (Phi) is 4.86. The highest BCUT2D eigenvalue weighted by molar-refractivity contribution is 7.89. The average molecular weight is 271 g/mol. The van der Waals surface area contributed by atoms with E-state index in [4.69, 9.17) is 5.11 Å². The van der Waals surface area contributed by atoms with Crippen LogP contribution in [0.2, 0.25) is 0 Å². The van der Waals surface area contributed by atoms with E-state index in [0.29, 0.717) is 11.1 Å². The van der Waals surface area contributed by atoms with Crippen LogP contribution in [0.15, 0.2) is 24.3 Å². The molecule has 0 aliphatic heterocycles. The van der Waals surface area contributed by atoms with Gasteiger partial charge in [-0.1, -0.05) is 12.1 Å². The molecule has 2 N–H and O–H groups in total. The first-order valence-electron chi connectivity index (χ1n) is 5.50. The van der Waals surface area contributed by atoms with Crippen LogP contribution in [0.3, 0.4) is 0 Å². The number of amides is 1. The molecule has 0 fully saturated rings. The molecule has 0 heterocycles. The van der Waals surface area contributed by atoms with E-state index in [1.807, 2.05) is 0 Å². The van der Waals surface area contributed by atoms with Gasteiger partial charge in [0.2, 0.25) is 0 Å². The van der Waals surface area contributed by atoms with E-state index in [0.717, 1.165) is 6.26 Å². The maximum atomic E-state index is 11.7. The molecule has 0 saturated carbocycles. The summed E-state index contributed by atoms with van der Waals surface area (Å²) in [5.74, 6) is -0.329. The smallest absolute Gasteiger partial charge is 0.251 e. The fraction of sp³-hybridized carbons (Fsp3) is 0.417. The van der Waals surface area contributed by atoms with Crippen LogP contribution in [0, 0.1) is 0 Å². The number of hydrogen-bond acceptors (Lipinski definition) is 4. The number of carbonyl (C=O) groups is 1. The molecule has 1 amide bonds. The molecule has 0 spiro atoms. The van der Waals surface area contributed by atoms with Gasteiger partial charge in [0.1, 0.15) is 0 Å². The van der Waals surface area contributed by atoms with Gasteiger partial charge in [-0.2, -0.15) is 0 Å². The molecule has 1 aromatic carbocycles. The Bertz CT molecular complexity index is 507. The number of benzene rings is 1. The molecule has 6 heteroatoms. The average Bonchev–Trinajstić information content (AvgIpc) is 2.27. The molecule has 0 aromatic heterocycles. The van der Waals surface area contributed by atoms with E-state index in [-0.39, 0.29) is 24.3 Å². The Morgan fingerprint density at radius 1 is 1.33 bits per heavy atom. The molecule has 0 radical (unpaired) electrons. The molecular formula is C12H17NO4S. The van der Waals surface area contributed by atoms with E-state index in [1.54, 1.807) is 31.2 Å². The summed E-state index contributed by atoms with van der Waals surface area (Å²) in [7, 11) is -3.07. The van der Waals surface area contributed by atoms with Crippen LogP contribution in [0.25, 0.3) is 0 Å². The Morgan fingerprint density at radius 3 is 2.33 bits per heavy atom. The Balaban J connectivity index is 2.74. The van der Waals surface area contributed by atoms with Crippen LogP contribution in [-0.4, -0.2) is 38.3 Å². The second kappa shape index (κ2) is 5.97. The van der Waals surface area contributed by atoms with Gasteiger partial charge in [-0.25, -0.2) is 8.42 Å². The molecule has 0 bridgehead atoms. The van der Waals surface area contributed by atoms with Crippen molar-refractivity contribution in [3.63, 3.8) is 0 Å². The minimum Gasteiger partial charge on any atom is -0.394 e. The zero-order chi connectivity index (χ0) is 13.8. The number of hydrogen-bond donors (Lipinski definition) is 2. The summed E-state index contributed by atoms with van der Waals surface area (Å²) < 4.78 is 22.2. The second-order valence-corrected chi connectivity index (χ2v) is 6.46. The zero-order valence-electron chi connectivity index (χ0n) is 10.4. The number of aliphatic hydroxyl groups excluding tert-OH is 1. The number of carbonyl (C=O) groups excluding carboxylic acids is 1. The van der Waals surface area contributed by atoms with Gasteiger partial charge in [0.05, 0.1) is 12.4 Å². The molecule has 18 heavy (non-hydrogen) atoms. The third-order valence-corrected chi connectivity index (χ3v) is 3.15. The van der Waals surface area contributed by atoms with Gasteiger partial charge in [0.15, 0.2) is 9.84 Å². The summed E-state index contributed by atoms with van der Waals surface area (Å²) in [6, 6.07) is 6.05. The standard InChI is InChI=1S/C12H17NO4S/c1-9(7-14)13-12(15)11-5-3-10(4-6-11)8-18(2,16)17/h3-6,9,14H,7-8H2,1-2H3,(H,13,15)/t9-/m0/s1. The fourth-order valence-electron chi connectivity index (χ4n) is 1.41. The summed E-state index contributed by atoms with van der Waals surface area (Å²) in [5, 5.41) is 11.4. The lowest BCUT2D eigenvalue weighted by Gasteiger charge is -2.10. The van der Waals surface area contributed by atoms with Gasteiger partial charge in [0.25, 0.3) is 5.91 Å². The monoisotopic (exact) mass is 271 g/mol. The van der Waals surface area contributed by atoms with Gasteiger partial charge >= 0.3 is 0 Å². The molecule has 1 rings (SSSR count). The Hall–Kier alpha value is -1.40. The molecular weight excluding hydrogens is 254 g/mol. The molecule has 100 valence electrons. The predicted octanol–water partition coefficient (Wildman–Crippen LogP) is 0.342. The third kappa shape index (κ3) is 4.85. The first-order valence-corrected chi connectivity index (χ1v) is 7.56. The summed E-state index contributed by atoms with van der Waals surface area (Å²) in [6.45, 7) is 1.56. The van der Waals surface area contributed by atoms with Crippen molar-refractivity contribution in [1.82, 2.24) is 5.32 Å². The van der Waals surface area contributed by atoms with E-state index in [9.17, 15) is 13.2 Å². The number of nitrogens with one attached hydrogen (secondary N) is 1. The highest BCUT2D eigenvalue weighted by atomic mass is 32.2. The molecule has 0 aliphatic carbocycles. The van der Waals surface area contributed by atoms with Crippen LogP contribution in [0.1, 0.15) is 22.8 Å². The maximum absolute atomic E-state index is 11.7. The summed E-state index contributed by atoms with van der Waals surface area (Å²) in [6.07, 6.45) is 1.16. The molecule has 5 nitrogen and oxygen atoms in total. The van der Waals surface area contributed by atoms with Crippen LogP contribution in [0.4, 0.5) is 0 Å². The third-order valence-electron chi connectivity index (χ3n) is 2.30. The van der Waals surface area contributed by atoms with E-state index >= 15 is 0 Å². The topological polar surface area (TPSA) is 83.5 Å². The molecule has 0 unspecified atom stereocenters. The van der Waals surface area contributed by atoms with E-state index in [1.165, 1.54) is 0 Å². The normalized spacial score (nSPS) is 13.1. The van der Waals surface area contributed by atoms with Crippen molar-refractivity contribution in [3.05, 3.63) is 35.4 Å². The number of sulfone groups is 1. The summed E-state index contributed by atoms with van der Waals surface area (Å²) in [5.41, 5.74) is 1.08. The van der Waals surface area contributed by atoms with Gasteiger partial charge in [-0.15, -0.1) is 0 Å². The van der Waals surface area contributed by atoms with Crippen molar-refractivity contribution in [2.24, 2.45) is 0 Å². The quantitative estimate of drug-likeness (QED) is 0.809. The minimum absolute atomic E-state index is 0.0397. The lowest BCUT2D eigenvalue weighted by atomic mass is 10.1. The van der Waals surface area contributed by atoms with Crippen LogP contribution >= 0.6 is 0 Å². The number of aliphatic hydroxyl groups is 1. The molecule has 1 aromatic rings. The molecule has 1 atom stereocenters. The minimum atomic E-state index is -3.07. The molecule has 0 saturated heterocycles. The largest absolute Gasteiger partial charge is 0.394 e. The van der Waals surface area contributed by atoms with Crippen molar-refractivity contribution in [1.29, 1.82) is 0 Å². The summed E-state index contributed by atoms with van der Waals surface area (Å²) in [4.78, 5) is 11.7. The van der Waals surface area contributed by atoms with Crippen LogP contribution in [0.5, 0.6) is 0 Å². The Labute approximate surface area is 107 Å². The highest BCUT2D eigenvalue weighted by Gasteiger charge is 2.10. The fourth-order valence-corrected chi connectivity index (χ4v) is 2.21. The van der Waals surface area contributed by atoms with Gasteiger partial charge in [-0.05, 0) is 24.6 Å². The lowest BCUT2D eigenvalue weighted by molar-refractivity contribution is 0.0922. The molecule has 0 aliphatic rings. The Morgan fingerprint density at radius 2 is 1.89 bits per heavy atom.